The lowest BCUT2D eigenvalue weighted by molar-refractivity contribution is 0.277. The van der Waals surface area contributed by atoms with E-state index in [0.29, 0.717) is 12.3 Å². The predicted octanol–water partition coefficient (Wildman–Crippen LogP) is 1.24. The maximum Gasteiger partial charge on any atom is 0.0919 e. The number of aliphatic hydroxyl groups excluding tert-OH is 1. The summed E-state index contributed by atoms with van der Waals surface area (Å²) in [5, 5.41) is 9.03. The van der Waals surface area contributed by atoms with Gasteiger partial charge in [0.05, 0.1) is 25.9 Å². The van der Waals surface area contributed by atoms with Gasteiger partial charge in [-0.25, -0.2) is 4.98 Å². The van der Waals surface area contributed by atoms with Crippen molar-refractivity contribution in [2.45, 2.75) is 13.5 Å². The van der Waals surface area contributed by atoms with Gasteiger partial charge in [-0.15, -0.1) is 6.42 Å². The molecule has 80 valence electrons. The molecule has 0 aliphatic heterocycles. The van der Waals surface area contributed by atoms with E-state index in [-0.39, 0.29) is 6.61 Å². The van der Waals surface area contributed by atoms with Gasteiger partial charge in [0.2, 0.25) is 0 Å². The number of hydrogen-bond acceptors (Lipinski definition) is 3. The van der Waals surface area contributed by atoms with Crippen LogP contribution in [0.1, 0.15) is 18.2 Å². The Balaban J connectivity index is 3.02. The molecule has 1 N–H and O–H groups in total. The second kappa shape index (κ2) is 5.82. The van der Waals surface area contributed by atoms with Gasteiger partial charge in [0.25, 0.3) is 0 Å². The molecule has 0 aliphatic rings. The lowest BCUT2D eigenvalue weighted by Gasteiger charge is -2.12. The van der Waals surface area contributed by atoms with Crippen molar-refractivity contribution >= 4 is 13.6 Å². The van der Waals surface area contributed by atoms with Crippen molar-refractivity contribution < 1.29 is 9.63 Å². The van der Waals surface area contributed by atoms with E-state index in [1.54, 1.807) is 6.07 Å². The summed E-state index contributed by atoms with van der Waals surface area (Å²) in [6.45, 7) is 4.47. The molecule has 1 unspecified atom stereocenters. The van der Waals surface area contributed by atoms with E-state index < -0.39 is 8.15 Å². The second-order valence-electron chi connectivity index (χ2n) is 2.92. The number of terminal acetylenes is 1. The third-order valence-electron chi connectivity index (χ3n) is 1.84. The molecule has 4 heteroatoms. The highest BCUT2D eigenvalue weighted by atomic mass is 31.1. The van der Waals surface area contributed by atoms with Gasteiger partial charge in [-0.05, 0) is 25.7 Å². The van der Waals surface area contributed by atoms with Crippen LogP contribution >= 0.6 is 8.15 Å². The monoisotopic (exact) mass is 223 g/mol. The maximum atomic E-state index is 9.03. The van der Waals surface area contributed by atoms with Crippen LogP contribution in [-0.4, -0.2) is 23.4 Å². The molecule has 0 spiro atoms. The number of hydrogen-bond donors (Lipinski definition) is 1. The first kappa shape index (κ1) is 12.1. The summed E-state index contributed by atoms with van der Waals surface area (Å²) in [7, 11) is -0.737. The van der Waals surface area contributed by atoms with Crippen LogP contribution in [0.4, 0.5) is 0 Å². The van der Waals surface area contributed by atoms with Gasteiger partial charge in [0.15, 0.2) is 0 Å². The first-order valence-electron chi connectivity index (χ1n) is 4.66. The molecule has 0 radical (unpaired) electrons. The average Bonchev–Trinajstić information content (AvgIpc) is 2.28. The van der Waals surface area contributed by atoms with Crippen LogP contribution in [0.15, 0.2) is 12.1 Å². The third kappa shape index (κ3) is 3.28. The van der Waals surface area contributed by atoms with E-state index >= 15 is 0 Å². The number of nitrogens with zero attached hydrogens (tertiary/aromatic N) is 1. The highest BCUT2D eigenvalue weighted by molar-refractivity contribution is 7.59. The van der Waals surface area contributed by atoms with Crippen molar-refractivity contribution in [2.24, 2.45) is 0 Å². The van der Waals surface area contributed by atoms with Crippen LogP contribution in [0.3, 0.4) is 0 Å². The molecule has 1 rings (SSSR count). The molecule has 0 aromatic carbocycles. The maximum absolute atomic E-state index is 9.03. The highest BCUT2D eigenvalue weighted by Gasteiger charge is 2.09. The minimum absolute atomic E-state index is 0.0994. The van der Waals surface area contributed by atoms with Gasteiger partial charge < -0.3 is 9.63 Å². The van der Waals surface area contributed by atoms with E-state index in [0.717, 1.165) is 11.0 Å². The van der Waals surface area contributed by atoms with Crippen LogP contribution in [-0.2, 0) is 11.1 Å². The highest BCUT2D eigenvalue weighted by Crippen LogP contribution is 2.29. The Hall–Kier alpha value is -0.940. The SMILES string of the molecule is C#Cc1cc(CO)nc(P(C)OCC)c1. The van der Waals surface area contributed by atoms with Crippen LogP contribution in [0.2, 0.25) is 0 Å². The van der Waals surface area contributed by atoms with Crippen LogP contribution < -0.4 is 5.44 Å². The molecule has 0 fully saturated rings. The largest absolute Gasteiger partial charge is 0.390 e. The molecular formula is C11H14NO2P. The lowest BCUT2D eigenvalue weighted by Crippen LogP contribution is -2.11. The summed E-state index contributed by atoms with van der Waals surface area (Å²) in [5.74, 6) is 2.54. The Labute approximate surface area is 91.3 Å². The molecule has 3 nitrogen and oxygen atoms in total. The Kier molecular flexibility index (Phi) is 4.71. The van der Waals surface area contributed by atoms with E-state index in [9.17, 15) is 0 Å². The molecule has 1 heterocycles. The van der Waals surface area contributed by atoms with Crippen molar-refractivity contribution in [3.63, 3.8) is 0 Å². The normalized spacial score (nSPS) is 12.1. The minimum Gasteiger partial charge on any atom is -0.390 e. The van der Waals surface area contributed by atoms with Crippen LogP contribution in [0.25, 0.3) is 0 Å². The molecule has 15 heavy (non-hydrogen) atoms. The summed E-state index contributed by atoms with van der Waals surface area (Å²) in [6, 6.07) is 3.54. The fourth-order valence-electron chi connectivity index (χ4n) is 1.16. The number of rotatable bonds is 4. The van der Waals surface area contributed by atoms with E-state index in [2.05, 4.69) is 10.9 Å². The summed E-state index contributed by atoms with van der Waals surface area (Å²) < 4.78 is 5.48. The zero-order chi connectivity index (χ0) is 11.3. The van der Waals surface area contributed by atoms with Crippen molar-refractivity contribution in [3.05, 3.63) is 23.4 Å². The van der Waals surface area contributed by atoms with Gasteiger partial charge in [-0.2, -0.15) is 0 Å². The molecule has 0 amide bonds. The van der Waals surface area contributed by atoms with Crippen molar-refractivity contribution in [1.29, 1.82) is 0 Å². The molecule has 0 bridgehead atoms. The zero-order valence-corrected chi connectivity index (χ0v) is 9.79. The van der Waals surface area contributed by atoms with E-state index in [1.807, 2.05) is 19.7 Å². The van der Waals surface area contributed by atoms with Gasteiger partial charge in [-0.3, -0.25) is 0 Å². The summed E-state index contributed by atoms with van der Waals surface area (Å²) >= 11 is 0. The lowest BCUT2D eigenvalue weighted by atomic mass is 10.2. The van der Waals surface area contributed by atoms with Crippen molar-refractivity contribution in [1.82, 2.24) is 4.98 Å². The van der Waals surface area contributed by atoms with Gasteiger partial charge in [-0.1, -0.05) is 5.92 Å². The van der Waals surface area contributed by atoms with Gasteiger partial charge in [0, 0.05) is 12.2 Å². The number of pyridine rings is 1. The molecular weight excluding hydrogens is 209 g/mol. The summed E-state index contributed by atoms with van der Waals surface area (Å²) in [5.41, 5.74) is 2.15. The molecule has 1 aromatic rings. The fourth-order valence-corrected chi connectivity index (χ4v) is 2.27. The number of aliphatic hydroxyl groups is 1. The predicted molar refractivity (Wildman–Crippen MR) is 62.2 cm³/mol. The minimum atomic E-state index is -0.737. The number of aromatic nitrogens is 1. The topological polar surface area (TPSA) is 42.4 Å². The average molecular weight is 223 g/mol. The Morgan fingerprint density at radius 3 is 2.87 bits per heavy atom. The van der Waals surface area contributed by atoms with Crippen molar-refractivity contribution in [3.8, 4) is 12.3 Å². The Bertz CT molecular complexity index is 373. The molecule has 0 saturated heterocycles. The zero-order valence-electron chi connectivity index (χ0n) is 8.90. The molecule has 0 saturated carbocycles. The van der Waals surface area contributed by atoms with Gasteiger partial charge in [0.1, 0.15) is 0 Å². The summed E-state index contributed by atoms with van der Waals surface area (Å²) in [4.78, 5) is 4.28. The van der Waals surface area contributed by atoms with Crippen LogP contribution in [0, 0.1) is 12.3 Å². The standard InChI is InChI=1S/C11H14NO2P/c1-4-9-6-10(8-13)12-11(7-9)15(3)14-5-2/h1,6-7,13H,5,8H2,2-3H3. The summed E-state index contributed by atoms with van der Waals surface area (Å²) in [6.07, 6.45) is 5.32. The first-order valence-corrected chi connectivity index (χ1v) is 6.37. The quantitative estimate of drug-likeness (QED) is 0.617. The smallest absolute Gasteiger partial charge is 0.0919 e. The van der Waals surface area contributed by atoms with Crippen molar-refractivity contribution in [2.75, 3.05) is 13.3 Å². The molecule has 0 aliphatic carbocycles. The van der Waals surface area contributed by atoms with E-state index in [1.165, 1.54) is 0 Å². The molecule has 1 atom stereocenters. The van der Waals surface area contributed by atoms with E-state index in [4.69, 9.17) is 16.1 Å². The third-order valence-corrected chi connectivity index (χ3v) is 3.36. The Morgan fingerprint density at radius 1 is 1.60 bits per heavy atom. The van der Waals surface area contributed by atoms with Gasteiger partial charge >= 0.3 is 0 Å². The second-order valence-corrected chi connectivity index (χ2v) is 4.63. The Morgan fingerprint density at radius 2 is 2.33 bits per heavy atom. The fraction of sp³-hybridized carbons (Fsp3) is 0.364. The first-order chi connectivity index (χ1) is 7.21. The van der Waals surface area contributed by atoms with Crippen LogP contribution in [0.5, 0.6) is 0 Å². The molecule has 1 aromatic heterocycles.